The number of carbonyl (C=O) groups is 1. The molecule has 3 heteroatoms. The Balaban J connectivity index is 2.58. The van der Waals surface area contributed by atoms with Crippen molar-refractivity contribution in [2.45, 2.75) is 13.3 Å². The lowest BCUT2D eigenvalue weighted by Gasteiger charge is -2.01. The first-order valence-corrected chi connectivity index (χ1v) is 5.33. The molecule has 0 saturated heterocycles. The highest BCUT2D eigenvalue weighted by atomic mass is 16.5. The van der Waals surface area contributed by atoms with Crippen LogP contribution in [0.5, 0.6) is 5.75 Å². The first kappa shape index (κ1) is 13.0. The first-order chi connectivity index (χ1) is 8.13. The van der Waals surface area contributed by atoms with Crippen LogP contribution >= 0.6 is 0 Å². The van der Waals surface area contributed by atoms with Gasteiger partial charge in [-0.3, -0.25) is 0 Å². The molecule has 0 amide bonds. The number of benzene rings is 1. The number of rotatable bonds is 5. The average Bonchev–Trinajstić information content (AvgIpc) is 2.34. The third kappa shape index (κ3) is 4.55. The van der Waals surface area contributed by atoms with E-state index >= 15 is 0 Å². The standard InChI is InChI=1S/C14H16O3/c1-11(14(15)16)6-3-4-7-12-8-5-9-13(10-12)17-2/h3-6,8-10H,7H2,1-2H3,(H,15,16). The summed E-state index contributed by atoms with van der Waals surface area (Å²) in [5.74, 6) is -0.0656. The second-order valence-corrected chi connectivity index (χ2v) is 3.64. The van der Waals surface area contributed by atoms with Crippen LogP contribution < -0.4 is 4.74 Å². The predicted octanol–water partition coefficient (Wildman–Crippen LogP) is 2.82. The van der Waals surface area contributed by atoms with E-state index in [2.05, 4.69) is 0 Å². The summed E-state index contributed by atoms with van der Waals surface area (Å²) >= 11 is 0. The molecule has 0 radical (unpaired) electrons. The molecule has 1 aromatic rings. The summed E-state index contributed by atoms with van der Waals surface area (Å²) in [5.41, 5.74) is 1.45. The summed E-state index contributed by atoms with van der Waals surface area (Å²) in [7, 11) is 1.63. The largest absolute Gasteiger partial charge is 0.497 e. The fourth-order valence-corrected chi connectivity index (χ4v) is 1.29. The molecule has 0 unspecified atom stereocenters. The number of carboxylic acids is 1. The van der Waals surface area contributed by atoms with Gasteiger partial charge in [0.25, 0.3) is 0 Å². The number of allylic oxidation sites excluding steroid dienone is 3. The summed E-state index contributed by atoms with van der Waals surface area (Å²) in [6.45, 7) is 1.57. The molecule has 0 saturated carbocycles. The van der Waals surface area contributed by atoms with Gasteiger partial charge in [0.15, 0.2) is 0 Å². The third-order valence-electron chi connectivity index (χ3n) is 2.31. The van der Waals surface area contributed by atoms with E-state index in [1.807, 2.05) is 30.3 Å². The molecule has 0 fully saturated rings. The zero-order chi connectivity index (χ0) is 12.7. The van der Waals surface area contributed by atoms with E-state index < -0.39 is 5.97 Å². The van der Waals surface area contributed by atoms with Crippen molar-refractivity contribution in [3.05, 3.63) is 53.6 Å². The lowest BCUT2D eigenvalue weighted by Crippen LogP contribution is -1.94. The van der Waals surface area contributed by atoms with Crippen LogP contribution in [-0.4, -0.2) is 18.2 Å². The highest BCUT2D eigenvalue weighted by Gasteiger charge is 1.96. The van der Waals surface area contributed by atoms with Crippen molar-refractivity contribution < 1.29 is 14.6 Å². The highest BCUT2D eigenvalue weighted by molar-refractivity contribution is 5.86. The summed E-state index contributed by atoms with van der Waals surface area (Å²) < 4.78 is 5.12. The van der Waals surface area contributed by atoms with E-state index in [4.69, 9.17) is 9.84 Å². The molecule has 0 spiro atoms. The van der Waals surface area contributed by atoms with Crippen LogP contribution in [-0.2, 0) is 11.2 Å². The Kier molecular flexibility index (Phi) is 5.01. The molecule has 1 aromatic carbocycles. The highest BCUT2D eigenvalue weighted by Crippen LogP contribution is 2.13. The Morgan fingerprint density at radius 2 is 2.24 bits per heavy atom. The molecular weight excluding hydrogens is 216 g/mol. The van der Waals surface area contributed by atoms with Gasteiger partial charge in [-0.05, 0) is 31.0 Å². The van der Waals surface area contributed by atoms with Crippen molar-refractivity contribution >= 4 is 5.97 Å². The fourth-order valence-electron chi connectivity index (χ4n) is 1.29. The smallest absolute Gasteiger partial charge is 0.331 e. The minimum atomic E-state index is -0.893. The molecule has 90 valence electrons. The van der Waals surface area contributed by atoms with Crippen molar-refractivity contribution in [2.75, 3.05) is 7.11 Å². The van der Waals surface area contributed by atoms with Gasteiger partial charge in [0.05, 0.1) is 7.11 Å². The number of hydrogen-bond acceptors (Lipinski definition) is 2. The Morgan fingerprint density at radius 3 is 2.88 bits per heavy atom. The Hall–Kier alpha value is -2.03. The van der Waals surface area contributed by atoms with Crippen molar-refractivity contribution in [3.8, 4) is 5.75 Å². The number of aliphatic carboxylic acids is 1. The maximum Gasteiger partial charge on any atom is 0.331 e. The van der Waals surface area contributed by atoms with Crippen LogP contribution in [0.4, 0.5) is 0 Å². The molecule has 17 heavy (non-hydrogen) atoms. The number of methoxy groups -OCH3 is 1. The molecule has 0 aliphatic heterocycles. The molecular formula is C14H16O3. The predicted molar refractivity (Wildman–Crippen MR) is 67.2 cm³/mol. The van der Waals surface area contributed by atoms with Gasteiger partial charge in [0.2, 0.25) is 0 Å². The van der Waals surface area contributed by atoms with E-state index in [1.165, 1.54) is 0 Å². The van der Waals surface area contributed by atoms with Gasteiger partial charge in [-0.15, -0.1) is 0 Å². The molecule has 1 rings (SSSR count). The molecule has 0 aromatic heterocycles. The maximum absolute atomic E-state index is 10.5. The van der Waals surface area contributed by atoms with Gasteiger partial charge in [-0.25, -0.2) is 4.79 Å². The zero-order valence-corrected chi connectivity index (χ0v) is 10.0. The van der Waals surface area contributed by atoms with Crippen LogP contribution in [0.15, 0.2) is 48.1 Å². The van der Waals surface area contributed by atoms with E-state index in [0.29, 0.717) is 5.57 Å². The van der Waals surface area contributed by atoms with Crippen molar-refractivity contribution in [1.29, 1.82) is 0 Å². The number of hydrogen-bond donors (Lipinski definition) is 1. The third-order valence-corrected chi connectivity index (χ3v) is 2.31. The molecule has 0 heterocycles. The fraction of sp³-hybridized carbons (Fsp3) is 0.214. The van der Waals surface area contributed by atoms with Crippen molar-refractivity contribution in [1.82, 2.24) is 0 Å². The minimum Gasteiger partial charge on any atom is -0.497 e. The molecule has 0 aliphatic rings. The van der Waals surface area contributed by atoms with Gasteiger partial charge in [-0.2, -0.15) is 0 Å². The lowest BCUT2D eigenvalue weighted by molar-refractivity contribution is -0.132. The van der Waals surface area contributed by atoms with Crippen LogP contribution in [0.1, 0.15) is 12.5 Å². The molecule has 3 nitrogen and oxygen atoms in total. The normalized spacial score (nSPS) is 11.8. The molecule has 0 atom stereocenters. The SMILES string of the molecule is COc1cccc(CC=CC=C(C)C(=O)O)c1. The Labute approximate surface area is 101 Å². The Bertz CT molecular complexity index is 445. The maximum atomic E-state index is 10.5. The second kappa shape index (κ2) is 6.53. The van der Waals surface area contributed by atoms with Crippen LogP contribution in [0.3, 0.4) is 0 Å². The van der Waals surface area contributed by atoms with Crippen molar-refractivity contribution in [3.63, 3.8) is 0 Å². The van der Waals surface area contributed by atoms with E-state index in [9.17, 15) is 4.79 Å². The van der Waals surface area contributed by atoms with Crippen LogP contribution in [0, 0.1) is 0 Å². The minimum absolute atomic E-state index is 0.326. The van der Waals surface area contributed by atoms with Gasteiger partial charge in [-0.1, -0.05) is 30.4 Å². The molecule has 1 N–H and O–H groups in total. The zero-order valence-electron chi connectivity index (χ0n) is 10.0. The van der Waals surface area contributed by atoms with Crippen LogP contribution in [0.25, 0.3) is 0 Å². The van der Waals surface area contributed by atoms with E-state index in [1.54, 1.807) is 26.2 Å². The van der Waals surface area contributed by atoms with Gasteiger partial charge < -0.3 is 9.84 Å². The van der Waals surface area contributed by atoms with Gasteiger partial charge >= 0.3 is 5.97 Å². The van der Waals surface area contributed by atoms with E-state index in [0.717, 1.165) is 17.7 Å². The van der Waals surface area contributed by atoms with Crippen LogP contribution in [0.2, 0.25) is 0 Å². The van der Waals surface area contributed by atoms with Gasteiger partial charge in [0.1, 0.15) is 5.75 Å². The van der Waals surface area contributed by atoms with E-state index in [-0.39, 0.29) is 0 Å². The first-order valence-electron chi connectivity index (χ1n) is 5.33. The summed E-state index contributed by atoms with van der Waals surface area (Å²) in [4.78, 5) is 10.5. The molecule has 0 bridgehead atoms. The summed E-state index contributed by atoms with van der Waals surface area (Å²) in [6.07, 6.45) is 6.01. The second-order valence-electron chi connectivity index (χ2n) is 3.64. The topological polar surface area (TPSA) is 46.5 Å². The number of carboxylic acid groups (broad SMARTS) is 1. The Morgan fingerprint density at radius 1 is 1.47 bits per heavy atom. The summed E-state index contributed by atoms with van der Waals surface area (Å²) in [5, 5.41) is 8.65. The quantitative estimate of drug-likeness (QED) is 0.627. The number of ether oxygens (including phenoxy) is 1. The van der Waals surface area contributed by atoms with Gasteiger partial charge in [0, 0.05) is 5.57 Å². The molecule has 0 aliphatic carbocycles. The average molecular weight is 232 g/mol. The monoisotopic (exact) mass is 232 g/mol. The summed E-state index contributed by atoms with van der Waals surface area (Å²) in [6, 6.07) is 7.78. The van der Waals surface area contributed by atoms with Crippen molar-refractivity contribution in [2.24, 2.45) is 0 Å². The lowest BCUT2D eigenvalue weighted by atomic mass is 10.1.